The van der Waals surface area contributed by atoms with Crippen molar-refractivity contribution < 1.29 is 0 Å². The van der Waals surface area contributed by atoms with Gasteiger partial charge in [-0.05, 0) is 31.6 Å². The van der Waals surface area contributed by atoms with E-state index in [0.29, 0.717) is 12.1 Å². The smallest absolute Gasteiger partial charge is 0.0678 e. The molecule has 0 fully saturated rings. The van der Waals surface area contributed by atoms with Crippen LogP contribution in [0, 0.1) is 0 Å². The first-order valence-electron chi connectivity index (χ1n) is 4.99. The van der Waals surface area contributed by atoms with E-state index in [2.05, 4.69) is 52.9 Å². The number of nitrogens with zero attached hydrogens (tertiary/aromatic N) is 2. The first kappa shape index (κ1) is 9.55. The maximum absolute atomic E-state index is 3.49. The van der Waals surface area contributed by atoms with Gasteiger partial charge in [0, 0.05) is 19.1 Å². The summed E-state index contributed by atoms with van der Waals surface area (Å²) in [6, 6.07) is 0.885. The fourth-order valence-corrected chi connectivity index (χ4v) is 1.85. The molecular formula is C10H18N4. The van der Waals surface area contributed by atoms with Gasteiger partial charge in [0.2, 0.25) is 0 Å². The van der Waals surface area contributed by atoms with Gasteiger partial charge in [-0.25, -0.2) is 0 Å². The van der Waals surface area contributed by atoms with Crippen LogP contribution in [0.2, 0.25) is 0 Å². The highest BCUT2D eigenvalue weighted by Crippen LogP contribution is 2.10. The summed E-state index contributed by atoms with van der Waals surface area (Å²) in [5.74, 6) is 0. The van der Waals surface area contributed by atoms with Crippen LogP contribution in [0.5, 0.6) is 0 Å². The third-order valence-electron chi connectivity index (χ3n) is 2.75. The Kier molecular flexibility index (Phi) is 2.74. The van der Waals surface area contributed by atoms with Gasteiger partial charge in [0.15, 0.2) is 0 Å². The molecule has 4 nitrogen and oxygen atoms in total. The summed E-state index contributed by atoms with van der Waals surface area (Å²) in [5, 5.41) is 6.68. The van der Waals surface area contributed by atoms with E-state index in [1.165, 1.54) is 0 Å². The Morgan fingerprint density at radius 1 is 1.21 bits per heavy atom. The van der Waals surface area contributed by atoms with E-state index >= 15 is 0 Å². The van der Waals surface area contributed by atoms with Crippen molar-refractivity contribution in [3.8, 4) is 0 Å². The zero-order valence-electron chi connectivity index (χ0n) is 8.77. The van der Waals surface area contributed by atoms with Crippen molar-refractivity contribution in [3.05, 3.63) is 24.6 Å². The third-order valence-corrected chi connectivity index (χ3v) is 2.75. The molecule has 0 saturated carbocycles. The standard InChI is InChI=1S/C10H18N4/c1-13-6-4-9(12-8-13)10-3-5-11-7-14(10)2/h3-6,9-12H,7-8H2,1-2H3/t9-,10-/m1/s1. The molecule has 78 valence electrons. The molecule has 0 saturated heterocycles. The maximum atomic E-state index is 3.49. The van der Waals surface area contributed by atoms with Gasteiger partial charge in [-0.15, -0.1) is 0 Å². The number of likely N-dealkylation sites (N-methyl/N-ethyl adjacent to an activating group) is 1. The van der Waals surface area contributed by atoms with Crippen LogP contribution < -0.4 is 10.6 Å². The van der Waals surface area contributed by atoms with E-state index in [1.807, 2.05) is 6.20 Å². The molecule has 2 atom stereocenters. The van der Waals surface area contributed by atoms with Crippen LogP contribution in [-0.2, 0) is 0 Å². The summed E-state index contributed by atoms with van der Waals surface area (Å²) >= 11 is 0. The second-order valence-electron chi connectivity index (χ2n) is 3.96. The van der Waals surface area contributed by atoms with Gasteiger partial charge in [0.05, 0.1) is 13.3 Å². The van der Waals surface area contributed by atoms with E-state index in [0.717, 1.165) is 13.3 Å². The van der Waals surface area contributed by atoms with Gasteiger partial charge in [0.1, 0.15) is 0 Å². The minimum absolute atomic E-state index is 0.426. The van der Waals surface area contributed by atoms with Crippen molar-refractivity contribution in [2.45, 2.75) is 12.1 Å². The van der Waals surface area contributed by atoms with Crippen LogP contribution in [0.1, 0.15) is 0 Å². The maximum Gasteiger partial charge on any atom is 0.0678 e. The molecule has 0 bridgehead atoms. The molecule has 0 aromatic rings. The molecule has 2 N–H and O–H groups in total. The van der Waals surface area contributed by atoms with Crippen LogP contribution >= 0.6 is 0 Å². The van der Waals surface area contributed by atoms with E-state index in [-0.39, 0.29) is 0 Å². The fraction of sp³-hybridized carbons (Fsp3) is 0.600. The van der Waals surface area contributed by atoms with E-state index in [9.17, 15) is 0 Å². The van der Waals surface area contributed by atoms with Crippen molar-refractivity contribution in [1.82, 2.24) is 20.4 Å². The molecule has 2 heterocycles. The summed E-state index contributed by atoms with van der Waals surface area (Å²) in [7, 11) is 4.21. The largest absolute Gasteiger partial charge is 0.378 e. The zero-order chi connectivity index (χ0) is 9.97. The quantitative estimate of drug-likeness (QED) is 0.602. The van der Waals surface area contributed by atoms with Gasteiger partial charge in [-0.1, -0.05) is 0 Å². The molecule has 2 aliphatic rings. The second kappa shape index (κ2) is 4.02. The lowest BCUT2D eigenvalue weighted by Gasteiger charge is -2.37. The molecule has 0 unspecified atom stereocenters. The van der Waals surface area contributed by atoms with Crippen LogP contribution in [0.25, 0.3) is 0 Å². The van der Waals surface area contributed by atoms with Crippen molar-refractivity contribution in [3.63, 3.8) is 0 Å². The molecule has 2 aliphatic heterocycles. The molecule has 2 rings (SSSR count). The summed E-state index contributed by atoms with van der Waals surface area (Å²) in [6.07, 6.45) is 8.61. The molecule has 14 heavy (non-hydrogen) atoms. The first-order valence-corrected chi connectivity index (χ1v) is 4.99. The molecule has 0 amide bonds. The number of hydrogen-bond acceptors (Lipinski definition) is 4. The lowest BCUT2D eigenvalue weighted by atomic mass is 10.1. The Morgan fingerprint density at radius 3 is 2.71 bits per heavy atom. The molecule has 0 radical (unpaired) electrons. The minimum atomic E-state index is 0.426. The van der Waals surface area contributed by atoms with Crippen LogP contribution in [0.15, 0.2) is 24.6 Å². The highest BCUT2D eigenvalue weighted by Gasteiger charge is 2.23. The Bertz CT molecular complexity index is 249. The van der Waals surface area contributed by atoms with Gasteiger partial charge in [-0.2, -0.15) is 0 Å². The van der Waals surface area contributed by atoms with Gasteiger partial charge in [-0.3, -0.25) is 10.2 Å². The third kappa shape index (κ3) is 1.91. The molecule has 0 aromatic heterocycles. The molecule has 0 spiro atoms. The number of nitrogens with one attached hydrogen (secondary N) is 2. The molecular weight excluding hydrogens is 176 g/mol. The highest BCUT2D eigenvalue weighted by atomic mass is 15.3. The SMILES string of the molecule is CN1C=C[C@H]([C@H]2C=CNCN2C)NC1. The zero-order valence-corrected chi connectivity index (χ0v) is 8.77. The average molecular weight is 194 g/mol. The lowest BCUT2D eigenvalue weighted by Crippen LogP contribution is -2.53. The highest BCUT2D eigenvalue weighted by molar-refractivity contribution is 5.11. The van der Waals surface area contributed by atoms with Crippen molar-refractivity contribution in [2.75, 3.05) is 27.4 Å². The second-order valence-corrected chi connectivity index (χ2v) is 3.96. The normalized spacial score (nSPS) is 33.1. The van der Waals surface area contributed by atoms with Crippen LogP contribution in [0.3, 0.4) is 0 Å². The van der Waals surface area contributed by atoms with Crippen molar-refractivity contribution >= 4 is 0 Å². The first-order chi connectivity index (χ1) is 6.77. The topological polar surface area (TPSA) is 30.5 Å². The van der Waals surface area contributed by atoms with Gasteiger partial charge in [0.25, 0.3) is 0 Å². The van der Waals surface area contributed by atoms with Crippen LogP contribution in [-0.4, -0.2) is 49.3 Å². The molecule has 4 heteroatoms. The summed E-state index contributed by atoms with van der Waals surface area (Å²) in [5.41, 5.74) is 0. The molecule has 0 aromatic carbocycles. The number of hydrogen-bond donors (Lipinski definition) is 2. The Balaban J connectivity index is 2.03. The number of rotatable bonds is 1. The van der Waals surface area contributed by atoms with E-state index < -0.39 is 0 Å². The van der Waals surface area contributed by atoms with Crippen LogP contribution in [0.4, 0.5) is 0 Å². The lowest BCUT2D eigenvalue weighted by molar-refractivity contribution is 0.211. The molecule has 0 aliphatic carbocycles. The van der Waals surface area contributed by atoms with Gasteiger partial charge >= 0.3 is 0 Å². The summed E-state index contributed by atoms with van der Waals surface area (Å²) in [4.78, 5) is 4.44. The van der Waals surface area contributed by atoms with E-state index in [1.54, 1.807) is 0 Å². The van der Waals surface area contributed by atoms with Crippen molar-refractivity contribution in [1.29, 1.82) is 0 Å². The van der Waals surface area contributed by atoms with E-state index in [4.69, 9.17) is 0 Å². The minimum Gasteiger partial charge on any atom is -0.378 e. The van der Waals surface area contributed by atoms with Gasteiger partial charge < -0.3 is 10.2 Å². The summed E-state index contributed by atoms with van der Waals surface area (Å²) < 4.78 is 0. The predicted molar refractivity (Wildman–Crippen MR) is 57.4 cm³/mol. The monoisotopic (exact) mass is 194 g/mol. The van der Waals surface area contributed by atoms with Crippen molar-refractivity contribution in [2.24, 2.45) is 0 Å². The Morgan fingerprint density at radius 2 is 2.07 bits per heavy atom. The Labute approximate surface area is 85.3 Å². The Hall–Kier alpha value is -1.00. The summed E-state index contributed by atoms with van der Waals surface area (Å²) in [6.45, 7) is 1.84. The predicted octanol–water partition coefficient (Wildman–Crippen LogP) is -0.264. The fourth-order valence-electron chi connectivity index (χ4n) is 1.85. The average Bonchev–Trinajstić information content (AvgIpc) is 2.20.